The van der Waals surface area contributed by atoms with Crippen LogP contribution in [0.4, 0.5) is 0 Å². The van der Waals surface area contributed by atoms with E-state index in [4.69, 9.17) is 9.47 Å². The molecular formula is C22H30N2O3. The summed E-state index contributed by atoms with van der Waals surface area (Å²) >= 11 is 0. The molecule has 5 heteroatoms. The van der Waals surface area contributed by atoms with E-state index in [1.165, 1.54) is 5.56 Å². The third-order valence-electron chi connectivity index (χ3n) is 5.06. The van der Waals surface area contributed by atoms with E-state index in [0.717, 1.165) is 30.9 Å². The molecule has 0 aromatic heterocycles. The lowest BCUT2D eigenvalue weighted by Gasteiger charge is -2.41. The first kappa shape index (κ1) is 19.8. The summed E-state index contributed by atoms with van der Waals surface area (Å²) in [5.74, 6) is 0.834. The van der Waals surface area contributed by atoms with Crippen molar-refractivity contribution in [3.63, 3.8) is 0 Å². The maximum absolute atomic E-state index is 10.5. The van der Waals surface area contributed by atoms with Crippen molar-refractivity contribution >= 4 is 0 Å². The number of hydrogen-bond acceptors (Lipinski definition) is 5. The van der Waals surface area contributed by atoms with Crippen LogP contribution < -0.4 is 4.74 Å². The molecule has 2 aromatic carbocycles. The minimum atomic E-state index is -0.502. The first-order valence-corrected chi connectivity index (χ1v) is 9.52. The van der Waals surface area contributed by atoms with Gasteiger partial charge in [-0.2, -0.15) is 0 Å². The standard InChI is InChI=1S/C22H30N2O3/c1-23-12-13-24(22(15-23)19-6-4-3-5-7-19)14-20(25)17-27-16-18-8-10-21(26-2)11-9-18/h3-11,20,22,25H,12-17H2,1-2H3. The Bertz CT molecular complexity index is 678. The van der Waals surface area contributed by atoms with Gasteiger partial charge in [-0.25, -0.2) is 0 Å². The maximum atomic E-state index is 10.5. The number of methoxy groups -OCH3 is 1. The summed E-state index contributed by atoms with van der Waals surface area (Å²) in [5, 5.41) is 10.5. The number of aliphatic hydroxyl groups excluding tert-OH is 1. The molecule has 2 unspecified atom stereocenters. The minimum Gasteiger partial charge on any atom is -0.497 e. The number of hydrogen-bond donors (Lipinski definition) is 1. The van der Waals surface area contributed by atoms with E-state index in [-0.39, 0.29) is 0 Å². The molecule has 2 aromatic rings. The topological polar surface area (TPSA) is 45.2 Å². The molecule has 0 saturated carbocycles. The van der Waals surface area contributed by atoms with E-state index in [1.807, 2.05) is 30.3 Å². The van der Waals surface area contributed by atoms with Crippen molar-refractivity contribution < 1.29 is 14.6 Å². The van der Waals surface area contributed by atoms with Gasteiger partial charge in [-0.1, -0.05) is 42.5 Å². The van der Waals surface area contributed by atoms with Crippen molar-refractivity contribution in [2.45, 2.75) is 18.8 Å². The predicted molar refractivity (Wildman–Crippen MR) is 107 cm³/mol. The van der Waals surface area contributed by atoms with Crippen molar-refractivity contribution in [1.29, 1.82) is 0 Å². The highest BCUT2D eigenvalue weighted by molar-refractivity contribution is 5.26. The number of ether oxygens (including phenoxy) is 2. The minimum absolute atomic E-state index is 0.307. The number of piperazine rings is 1. The smallest absolute Gasteiger partial charge is 0.118 e. The molecule has 2 atom stereocenters. The number of benzene rings is 2. The third kappa shape index (κ3) is 5.78. The Balaban J connectivity index is 1.50. The Morgan fingerprint density at radius 1 is 1.07 bits per heavy atom. The number of β-amino-alcohol motifs (C(OH)–C–C–N with tert-alkyl or cyclic N) is 1. The Morgan fingerprint density at radius 2 is 1.81 bits per heavy atom. The lowest BCUT2D eigenvalue weighted by molar-refractivity contribution is -0.0116. The zero-order valence-electron chi connectivity index (χ0n) is 16.3. The van der Waals surface area contributed by atoms with Gasteiger partial charge in [0.2, 0.25) is 0 Å². The summed E-state index contributed by atoms with van der Waals surface area (Å²) in [6, 6.07) is 18.7. The van der Waals surface area contributed by atoms with Gasteiger partial charge in [-0.05, 0) is 30.3 Å². The molecule has 0 radical (unpaired) electrons. The summed E-state index contributed by atoms with van der Waals surface area (Å²) in [6.45, 7) is 4.39. The van der Waals surface area contributed by atoms with Gasteiger partial charge >= 0.3 is 0 Å². The van der Waals surface area contributed by atoms with Crippen LogP contribution in [0.1, 0.15) is 17.2 Å². The fourth-order valence-corrected chi connectivity index (χ4v) is 3.52. The second kappa shape index (κ2) is 9.85. The summed E-state index contributed by atoms with van der Waals surface area (Å²) in [7, 11) is 3.81. The zero-order chi connectivity index (χ0) is 19.1. The fraction of sp³-hybridized carbons (Fsp3) is 0.455. The Morgan fingerprint density at radius 3 is 2.52 bits per heavy atom. The second-order valence-electron chi connectivity index (χ2n) is 7.20. The summed E-state index contributed by atoms with van der Waals surface area (Å²) in [4.78, 5) is 4.72. The van der Waals surface area contributed by atoms with Crippen LogP contribution in [0.5, 0.6) is 5.75 Å². The van der Waals surface area contributed by atoms with Crippen LogP contribution in [-0.4, -0.2) is 68.0 Å². The van der Waals surface area contributed by atoms with E-state index < -0.39 is 6.10 Å². The van der Waals surface area contributed by atoms with Crippen LogP contribution in [-0.2, 0) is 11.3 Å². The van der Waals surface area contributed by atoms with E-state index in [2.05, 4.69) is 41.1 Å². The molecule has 0 aliphatic carbocycles. The third-order valence-corrected chi connectivity index (χ3v) is 5.06. The molecule has 1 fully saturated rings. The summed E-state index contributed by atoms with van der Waals surface area (Å²) in [6.07, 6.45) is -0.502. The summed E-state index contributed by atoms with van der Waals surface area (Å²) in [5.41, 5.74) is 2.38. The lowest BCUT2D eigenvalue weighted by Crippen LogP contribution is -2.49. The predicted octanol–water partition coefficient (Wildman–Crippen LogP) is 2.56. The monoisotopic (exact) mass is 370 g/mol. The number of nitrogens with zero attached hydrogens (tertiary/aromatic N) is 2. The van der Waals surface area contributed by atoms with E-state index in [9.17, 15) is 5.11 Å². The van der Waals surface area contributed by atoms with Gasteiger partial charge in [0.05, 0.1) is 26.4 Å². The van der Waals surface area contributed by atoms with Gasteiger partial charge < -0.3 is 19.5 Å². The van der Waals surface area contributed by atoms with Crippen molar-refractivity contribution in [2.24, 2.45) is 0 Å². The molecular weight excluding hydrogens is 340 g/mol. The molecule has 146 valence electrons. The lowest BCUT2D eigenvalue weighted by atomic mass is 10.0. The van der Waals surface area contributed by atoms with Crippen LogP contribution in [0.15, 0.2) is 54.6 Å². The number of rotatable bonds is 8. The van der Waals surface area contributed by atoms with Gasteiger partial charge in [0, 0.05) is 32.2 Å². The molecule has 5 nitrogen and oxygen atoms in total. The van der Waals surface area contributed by atoms with Crippen LogP contribution in [0, 0.1) is 0 Å². The quantitative estimate of drug-likeness (QED) is 0.774. The number of likely N-dealkylation sites (N-methyl/N-ethyl adjacent to an activating group) is 1. The molecule has 3 rings (SSSR count). The van der Waals surface area contributed by atoms with Crippen molar-refractivity contribution in [2.75, 3.05) is 46.9 Å². The first-order valence-electron chi connectivity index (χ1n) is 9.52. The largest absolute Gasteiger partial charge is 0.497 e. The van der Waals surface area contributed by atoms with Gasteiger partial charge in [0.15, 0.2) is 0 Å². The average Bonchev–Trinajstić information content (AvgIpc) is 2.70. The highest BCUT2D eigenvalue weighted by Crippen LogP contribution is 2.25. The maximum Gasteiger partial charge on any atom is 0.118 e. The van der Waals surface area contributed by atoms with Crippen LogP contribution in [0.25, 0.3) is 0 Å². The van der Waals surface area contributed by atoms with E-state index in [1.54, 1.807) is 7.11 Å². The van der Waals surface area contributed by atoms with Crippen molar-refractivity contribution in [3.05, 3.63) is 65.7 Å². The van der Waals surface area contributed by atoms with Gasteiger partial charge in [0.1, 0.15) is 5.75 Å². The second-order valence-corrected chi connectivity index (χ2v) is 7.20. The van der Waals surface area contributed by atoms with Crippen LogP contribution in [0.2, 0.25) is 0 Å². The van der Waals surface area contributed by atoms with Crippen molar-refractivity contribution in [3.8, 4) is 5.75 Å². The first-order chi connectivity index (χ1) is 13.2. The average molecular weight is 370 g/mol. The molecule has 1 aliphatic rings. The summed E-state index contributed by atoms with van der Waals surface area (Å²) < 4.78 is 10.9. The van der Waals surface area contributed by atoms with Gasteiger partial charge in [0.25, 0.3) is 0 Å². The molecule has 0 spiro atoms. The van der Waals surface area contributed by atoms with E-state index in [0.29, 0.717) is 25.8 Å². The molecule has 1 aliphatic heterocycles. The molecule has 1 N–H and O–H groups in total. The highest BCUT2D eigenvalue weighted by Gasteiger charge is 2.27. The van der Waals surface area contributed by atoms with E-state index >= 15 is 0 Å². The van der Waals surface area contributed by atoms with Crippen LogP contribution >= 0.6 is 0 Å². The Labute approximate surface area is 162 Å². The van der Waals surface area contributed by atoms with Crippen molar-refractivity contribution in [1.82, 2.24) is 9.80 Å². The molecule has 1 heterocycles. The Kier molecular flexibility index (Phi) is 7.24. The highest BCUT2D eigenvalue weighted by atomic mass is 16.5. The fourth-order valence-electron chi connectivity index (χ4n) is 3.52. The SMILES string of the molecule is COc1ccc(COCC(O)CN2CCN(C)CC2c2ccccc2)cc1. The zero-order valence-corrected chi connectivity index (χ0v) is 16.3. The molecule has 0 amide bonds. The molecule has 27 heavy (non-hydrogen) atoms. The molecule has 0 bridgehead atoms. The normalized spacial score (nSPS) is 19.7. The molecule has 1 saturated heterocycles. The van der Waals surface area contributed by atoms with Gasteiger partial charge in [-0.15, -0.1) is 0 Å². The number of aliphatic hydroxyl groups is 1. The van der Waals surface area contributed by atoms with Gasteiger partial charge in [-0.3, -0.25) is 4.90 Å². The Hall–Kier alpha value is -1.92. The van der Waals surface area contributed by atoms with Crippen LogP contribution in [0.3, 0.4) is 0 Å².